The second kappa shape index (κ2) is 5.99. The highest BCUT2D eigenvalue weighted by atomic mass is 16.4. The van der Waals surface area contributed by atoms with E-state index in [0.29, 0.717) is 12.8 Å². The Balaban J connectivity index is 3.51. The minimum absolute atomic E-state index is 0.0449. The fraction of sp³-hybridized carbons (Fsp3) is 0.833. The standard InChI is InChI=1S/C6H14BNO4/c8-4-5(7(11)12)2-1-3-6(9)10/h5,11-12H,1-4,8H2,(H,9,10). The Kier molecular flexibility index (Phi) is 5.70. The molecule has 0 saturated heterocycles. The molecule has 0 spiro atoms. The van der Waals surface area contributed by atoms with Crippen LogP contribution < -0.4 is 5.73 Å². The molecule has 6 heteroatoms. The van der Waals surface area contributed by atoms with Crippen molar-refractivity contribution in [1.29, 1.82) is 0 Å². The van der Waals surface area contributed by atoms with Crippen molar-refractivity contribution in [2.45, 2.75) is 25.1 Å². The van der Waals surface area contributed by atoms with E-state index in [1.165, 1.54) is 0 Å². The highest BCUT2D eigenvalue weighted by Gasteiger charge is 2.21. The van der Waals surface area contributed by atoms with E-state index in [1.54, 1.807) is 0 Å². The molecule has 0 aliphatic heterocycles. The van der Waals surface area contributed by atoms with Crippen LogP contribution in [0.2, 0.25) is 5.82 Å². The lowest BCUT2D eigenvalue weighted by molar-refractivity contribution is -0.137. The zero-order chi connectivity index (χ0) is 9.56. The number of rotatable bonds is 6. The quantitative estimate of drug-likeness (QED) is 0.389. The van der Waals surface area contributed by atoms with Crippen molar-refractivity contribution in [1.82, 2.24) is 0 Å². The van der Waals surface area contributed by atoms with Gasteiger partial charge in [-0.15, -0.1) is 0 Å². The van der Waals surface area contributed by atoms with Crippen molar-refractivity contribution in [3.8, 4) is 0 Å². The molecule has 0 aromatic rings. The summed E-state index contributed by atoms with van der Waals surface area (Å²) in [5.41, 5.74) is 5.22. The molecule has 0 bridgehead atoms. The van der Waals surface area contributed by atoms with Gasteiger partial charge in [-0.05, 0) is 13.0 Å². The maximum atomic E-state index is 10.1. The Hall–Kier alpha value is -0.585. The van der Waals surface area contributed by atoms with Crippen LogP contribution in [0.3, 0.4) is 0 Å². The summed E-state index contributed by atoms with van der Waals surface area (Å²) in [4.78, 5) is 10.1. The van der Waals surface area contributed by atoms with E-state index in [4.69, 9.17) is 20.9 Å². The van der Waals surface area contributed by atoms with Gasteiger partial charge < -0.3 is 20.9 Å². The first-order valence-corrected chi connectivity index (χ1v) is 3.86. The predicted molar refractivity (Wildman–Crippen MR) is 44.5 cm³/mol. The SMILES string of the molecule is NCC(CCCC(=O)O)B(O)O. The summed E-state index contributed by atoms with van der Waals surface area (Å²) in [6.07, 6.45) is 0.901. The molecule has 1 unspecified atom stereocenters. The minimum Gasteiger partial charge on any atom is -0.481 e. The van der Waals surface area contributed by atoms with E-state index in [1.807, 2.05) is 0 Å². The Morgan fingerprint density at radius 3 is 2.42 bits per heavy atom. The fourth-order valence-corrected chi connectivity index (χ4v) is 0.904. The lowest BCUT2D eigenvalue weighted by Crippen LogP contribution is -2.26. The molecule has 5 nitrogen and oxygen atoms in total. The molecule has 5 N–H and O–H groups in total. The monoisotopic (exact) mass is 175 g/mol. The number of nitrogens with two attached hydrogens (primary N) is 1. The highest BCUT2D eigenvalue weighted by Crippen LogP contribution is 2.14. The number of hydrogen-bond donors (Lipinski definition) is 4. The molecule has 1 atom stereocenters. The summed E-state index contributed by atoms with van der Waals surface area (Å²) >= 11 is 0. The molecule has 0 rings (SSSR count). The maximum Gasteiger partial charge on any atom is 0.456 e. The molecular formula is C6H14BNO4. The van der Waals surface area contributed by atoms with E-state index in [2.05, 4.69) is 0 Å². The Morgan fingerprint density at radius 1 is 1.50 bits per heavy atom. The van der Waals surface area contributed by atoms with Gasteiger partial charge in [-0.3, -0.25) is 4.79 Å². The van der Waals surface area contributed by atoms with Gasteiger partial charge in [-0.2, -0.15) is 0 Å². The average molecular weight is 175 g/mol. The largest absolute Gasteiger partial charge is 0.481 e. The summed E-state index contributed by atoms with van der Waals surface area (Å²) in [5, 5.41) is 25.7. The molecule has 0 aliphatic rings. The second-order valence-electron chi connectivity index (χ2n) is 2.70. The van der Waals surface area contributed by atoms with Crippen LogP contribution in [0.4, 0.5) is 0 Å². The van der Waals surface area contributed by atoms with Gasteiger partial charge in [0.1, 0.15) is 0 Å². The zero-order valence-corrected chi connectivity index (χ0v) is 6.81. The second-order valence-corrected chi connectivity index (χ2v) is 2.70. The van der Waals surface area contributed by atoms with E-state index in [-0.39, 0.29) is 13.0 Å². The molecule has 12 heavy (non-hydrogen) atoms. The molecule has 0 radical (unpaired) electrons. The molecule has 0 saturated carbocycles. The normalized spacial score (nSPS) is 12.6. The molecule has 0 fully saturated rings. The van der Waals surface area contributed by atoms with Gasteiger partial charge in [0.2, 0.25) is 0 Å². The molecule has 70 valence electrons. The van der Waals surface area contributed by atoms with Gasteiger partial charge in [0.25, 0.3) is 0 Å². The van der Waals surface area contributed by atoms with Crippen molar-refractivity contribution in [3.05, 3.63) is 0 Å². The first kappa shape index (κ1) is 11.4. The Morgan fingerprint density at radius 2 is 2.08 bits per heavy atom. The smallest absolute Gasteiger partial charge is 0.456 e. The molecule has 0 aliphatic carbocycles. The van der Waals surface area contributed by atoms with Crippen molar-refractivity contribution in [2.75, 3.05) is 6.54 Å². The number of aliphatic carboxylic acids is 1. The van der Waals surface area contributed by atoms with Gasteiger partial charge in [-0.25, -0.2) is 0 Å². The highest BCUT2D eigenvalue weighted by molar-refractivity contribution is 6.43. The van der Waals surface area contributed by atoms with Gasteiger partial charge in [0.15, 0.2) is 0 Å². The zero-order valence-electron chi connectivity index (χ0n) is 6.81. The van der Waals surface area contributed by atoms with E-state index in [9.17, 15) is 4.79 Å². The van der Waals surface area contributed by atoms with Crippen LogP contribution in [0.15, 0.2) is 0 Å². The minimum atomic E-state index is -1.44. The third-order valence-electron chi connectivity index (χ3n) is 1.69. The van der Waals surface area contributed by atoms with Crippen LogP contribution in [-0.2, 0) is 4.79 Å². The summed E-state index contributed by atoms with van der Waals surface area (Å²) in [6, 6.07) is 0. The summed E-state index contributed by atoms with van der Waals surface area (Å²) in [5.74, 6) is -1.29. The third kappa shape index (κ3) is 5.12. The Labute approximate surface area is 71.3 Å². The van der Waals surface area contributed by atoms with Crippen LogP contribution in [-0.4, -0.2) is 34.8 Å². The summed E-state index contributed by atoms with van der Waals surface area (Å²) in [6.45, 7) is 0.164. The van der Waals surface area contributed by atoms with Gasteiger partial charge in [0.05, 0.1) is 0 Å². The van der Waals surface area contributed by atoms with Crippen molar-refractivity contribution in [3.63, 3.8) is 0 Å². The van der Waals surface area contributed by atoms with Crippen LogP contribution in [0.25, 0.3) is 0 Å². The number of carboxylic acid groups (broad SMARTS) is 1. The Bertz CT molecular complexity index is 142. The van der Waals surface area contributed by atoms with Gasteiger partial charge in [0, 0.05) is 12.2 Å². The predicted octanol–water partition coefficient (Wildman–Crippen LogP) is -0.957. The maximum absolute atomic E-state index is 10.1. The number of carbonyl (C=O) groups is 1. The lowest BCUT2D eigenvalue weighted by atomic mass is 9.70. The van der Waals surface area contributed by atoms with Crippen molar-refractivity contribution >= 4 is 13.1 Å². The van der Waals surface area contributed by atoms with Crippen LogP contribution in [0, 0.1) is 0 Å². The van der Waals surface area contributed by atoms with E-state index in [0.717, 1.165) is 0 Å². The summed E-state index contributed by atoms with van der Waals surface area (Å²) < 4.78 is 0. The van der Waals surface area contributed by atoms with Crippen molar-refractivity contribution in [2.24, 2.45) is 5.73 Å². The first-order chi connectivity index (χ1) is 5.57. The topological polar surface area (TPSA) is 104 Å². The van der Waals surface area contributed by atoms with E-state index < -0.39 is 18.9 Å². The molecule has 0 amide bonds. The van der Waals surface area contributed by atoms with Crippen LogP contribution in [0.1, 0.15) is 19.3 Å². The summed E-state index contributed by atoms with van der Waals surface area (Å²) in [7, 11) is -1.44. The third-order valence-corrected chi connectivity index (χ3v) is 1.69. The molecule has 0 aromatic carbocycles. The molecule has 0 aromatic heterocycles. The van der Waals surface area contributed by atoms with Crippen LogP contribution in [0.5, 0.6) is 0 Å². The lowest BCUT2D eigenvalue weighted by Gasteiger charge is -2.11. The van der Waals surface area contributed by atoms with Gasteiger partial charge in [-0.1, -0.05) is 6.42 Å². The van der Waals surface area contributed by atoms with E-state index >= 15 is 0 Å². The van der Waals surface area contributed by atoms with Crippen molar-refractivity contribution < 1.29 is 19.9 Å². The average Bonchev–Trinajstić information content (AvgIpc) is 1.96. The first-order valence-electron chi connectivity index (χ1n) is 3.86. The number of carboxylic acids is 1. The van der Waals surface area contributed by atoms with Gasteiger partial charge >= 0.3 is 13.1 Å². The molecular weight excluding hydrogens is 161 g/mol. The van der Waals surface area contributed by atoms with Crippen LogP contribution >= 0.6 is 0 Å². The molecule has 0 heterocycles. The fourth-order valence-electron chi connectivity index (χ4n) is 0.904. The number of hydrogen-bond acceptors (Lipinski definition) is 4.